The Morgan fingerprint density at radius 1 is 1.12 bits per heavy atom. The molecule has 0 spiro atoms. The third-order valence-corrected chi connectivity index (χ3v) is 5.14. The lowest BCUT2D eigenvalue weighted by molar-refractivity contribution is -0.137. The maximum atomic E-state index is 13.0. The number of carbonyl (C=O) groups excluding carboxylic acids is 2. The van der Waals surface area contributed by atoms with Crippen molar-refractivity contribution in [2.45, 2.75) is 84.2 Å². The zero-order valence-corrected chi connectivity index (χ0v) is 16.7. The van der Waals surface area contributed by atoms with Crippen molar-refractivity contribution in [1.29, 1.82) is 0 Å². The van der Waals surface area contributed by atoms with E-state index in [0.717, 1.165) is 38.5 Å². The highest BCUT2D eigenvalue weighted by atomic mass is 16.2. The normalized spacial score (nSPS) is 17.5. The summed E-state index contributed by atoms with van der Waals surface area (Å²) in [7, 11) is 0. The second-order valence-corrected chi connectivity index (χ2v) is 8.86. The van der Waals surface area contributed by atoms with Gasteiger partial charge in [0.25, 0.3) is 0 Å². The summed E-state index contributed by atoms with van der Waals surface area (Å²) in [4.78, 5) is 25.4. The van der Waals surface area contributed by atoms with Crippen LogP contribution in [-0.4, -0.2) is 23.4 Å². The van der Waals surface area contributed by atoms with Crippen LogP contribution < -0.4 is 10.6 Å². The van der Waals surface area contributed by atoms with Crippen molar-refractivity contribution in [3.63, 3.8) is 0 Å². The van der Waals surface area contributed by atoms with E-state index in [1.54, 1.807) is 0 Å². The van der Waals surface area contributed by atoms with E-state index in [9.17, 15) is 9.59 Å². The summed E-state index contributed by atoms with van der Waals surface area (Å²) in [6, 6.07) is 10.4. The predicted octanol–water partition coefficient (Wildman–Crippen LogP) is 3.99. The standard InChI is InChI=1S/C22H34N2O2/c1-17(12-13-18-10-6-5-7-11-18)23-20(26)22(14-8-9-15-22)16-19(25)24-21(2,3)4/h5-7,10-11,17H,8-9,12-16H2,1-4H3,(H,23,26)(H,24,25). The van der Waals surface area contributed by atoms with Crippen molar-refractivity contribution in [2.75, 3.05) is 0 Å². The van der Waals surface area contributed by atoms with E-state index in [2.05, 4.69) is 29.7 Å². The second kappa shape index (κ2) is 8.70. The van der Waals surface area contributed by atoms with Crippen molar-refractivity contribution in [3.8, 4) is 0 Å². The Morgan fingerprint density at radius 3 is 2.31 bits per heavy atom. The molecule has 0 saturated heterocycles. The summed E-state index contributed by atoms with van der Waals surface area (Å²) in [5, 5.41) is 6.19. The van der Waals surface area contributed by atoms with Gasteiger partial charge in [0.15, 0.2) is 0 Å². The highest BCUT2D eigenvalue weighted by Gasteiger charge is 2.43. The zero-order valence-electron chi connectivity index (χ0n) is 16.7. The van der Waals surface area contributed by atoms with Crippen molar-refractivity contribution in [2.24, 2.45) is 5.41 Å². The molecule has 1 aromatic carbocycles. The minimum atomic E-state index is -0.531. The molecule has 0 aromatic heterocycles. The van der Waals surface area contributed by atoms with Crippen LogP contribution in [0.4, 0.5) is 0 Å². The number of nitrogens with one attached hydrogen (secondary N) is 2. The summed E-state index contributed by atoms with van der Waals surface area (Å²) in [5.41, 5.74) is 0.487. The van der Waals surface area contributed by atoms with E-state index in [1.807, 2.05) is 39.0 Å². The molecule has 0 aliphatic heterocycles. The molecule has 2 N–H and O–H groups in total. The first kappa shape index (κ1) is 20.5. The van der Waals surface area contributed by atoms with Gasteiger partial charge in [-0.1, -0.05) is 43.2 Å². The van der Waals surface area contributed by atoms with Crippen LogP contribution in [0.2, 0.25) is 0 Å². The largest absolute Gasteiger partial charge is 0.353 e. The van der Waals surface area contributed by atoms with Gasteiger partial charge in [0, 0.05) is 18.0 Å². The Bertz CT molecular complexity index is 598. The van der Waals surface area contributed by atoms with Crippen molar-refractivity contribution in [3.05, 3.63) is 35.9 Å². The van der Waals surface area contributed by atoms with E-state index < -0.39 is 5.41 Å². The van der Waals surface area contributed by atoms with Gasteiger partial charge in [0.1, 0.15) is 0 Å². The van der Waals surface area contributed by atoms with Gasteiger partial charge < -0.3 is 10.6 Å². The highest BCUT2D eigenvalue weighted by molar-refractivity contribution is 5.89. The Hall–Kier alpha value is -1.84. The third kappa shape index (κ3) is 6.15. The van der Waals surface area contributed by atoms with E-state index in [0.29, 0.717) is 6.42 Å². The van der Waals surface area contributed by atoms with Crippen LogP contribution in [0.15, 0.2) is 30.3 Å². The Balaban J connectivity index is 1.91. The molecule has 2 rings (SSSR count). The lowest BCUT2D eigenvalue weighted by Gasteiger charge is -2.30. The minimum Gasteiger partial charge on any atom is -0.353 e. The predicted molar refractivity (Wildman–Crippen MR) is 106 cm³/mol. The molecule has 0 bridgehead atoms. The first-order chi connectivity index (χ1) is 12.2. The van der Waals surface area contributed by atoms with Crippen LogP contribution in [-0.2, 0) is 16.0 Å². The SMILES string of the molecule is CC(CCc1ccccc1)NC(=O)C1(CC(=O)NC(C)(C)C)CCCC1. The molecule has 0 heterocycles. The average Bonchev–Trinajstić information content (AvgIpc) is 3.01. The maximum absolute atomic E-state index is 13.0. The summed E-state index contributed by atoms with van der Waals surface area (Å²) < 4.78 is 0. The maximum Gasteiger partial charge on any atom is 0.226 e. The lowest BCUT2D eigenvalue weighted by atomic mass is 9.80. The first-order valence-electron chi connectivity index (χ1n) is 9.86. The van der Waals surface area contributed by atoms with E-state index >= 15 is 0 Å². The summed E-state index contributed by atoms with van der Waals surface area (Å²) in [6.45, 7) is 7.96. The van der Waals surface area contributed by atoms with Gasteiger partial charge in [-0.2, -0.15) is 0 Å². The summed E-state index contributed by atoms with van der Waals surface area (Å²) >= 11 is 0. The quantitative estimate of drug-likeness (QED) is 0.774. The molecule has 1 fully saturated rings. The summed E-state index contributed by atoms with van der Waals surface area (Å²) in [6.07, 6.45) is 5.80. The molecular weight excluding hydrogens is 324 g/mol. The van der Waals surface area contributed by atoms with Gasteiger partial charge in [-0.3, -0.25) is 9.59 Å². The topological polar surface area (TPSA) is 58.2 Å². The molecule has 1 saturated carbocycles. The van der Waals surface area contributed by atoms with Gasteiger partial charge in [-0.25, -0.2) is 0 Å². The van der Waals surface area contributed by atoms with Crippen LogP contribution in [0.25, 0.3) is 0 Å². The molecule has 1 aromatic rings. The molecular formula is C22H34N2O2. The number of hydrogen-bond donors (Lipinski definition) is 2. The van der Waals surface area contributed by atoms with Crippen molar-refractivity contribution < 1.29 is 9.59 Å². The fourth-order valence-electron chi connectivity index (χ4n) is 3.78. The van der Waals surface area contributed by atoms with E-state index in [1.165, 1.54) is 5.56 Å². The Morgan fingerprint density at radius 2 is 1.73 bits per heavy atom. The number of carbonyl (C=O) groups is 2. The number of rotatable bonds is 7. The van der Waals surface area contributed by atoms with Crippen LogP contribution in [0.3, 0.4) is 0 Å². The van der Waals surface area contributed by atoms with Gasteiger partial charge in [0.05, 0.1) is 5.41 Å². The molecule has 4 nitrogen and oxygen atoms in total. The monoisotopic (exact) mass is 358 g/mol. The number of amides is 2. The highest BCUT2D eigenvalue weighted by Crippen LogP contribution is 2.41. The van der Waals surface area contributed by atoms with Crippen molar-refractivity contribution >= 4 is 11.8 Å². The zero-order chi connectivity index (χ0) is 19.2. The summed E-state index contributed by atoms with van der Waals surface area (Å²) in [5.74, 6) is 0.0334. The van der Waals surface area contributed by atoms with Crippen LogP contribution in [0.1, 0.15) is 71.8 Å². The molecule has 1 atom stereocenters. The second-order valence-electron chi connectivity index (χ2n) is 8.86. The average molecular weight is 359 g/mol. The minimum absolute atomic E-state index is 0.0218. The number of hydrogen-bond acceptors (Lipinski definition) is 2. The van der Waals surface area contributed by atoms with Crippen LogP contribution in [0.5, 0.6) is 0 Å². The van der Waals surface area contributed by atoms with E-state index in [4.69, 9.17) is 0 Å². The third-order valence-electron chi connectivity index (χ3n) is 5.14. The number of aryl methyl sites for hydroxylation is 1. The molecule has 26 heavy (non-hydrogen) atoms. The molecule has 1 aliphatic carbocycles. The smallest absolute Gasteiger partial charge is 0.226 e. The fourth-order valence-corrected chi connectivity index (χ4v) is 3.78. The van der Waals surface area contributed by atoms with Gasteiger partial charge >= 0.3 is 0 Å². The van der Waals surface area contributed by atoms with Crippen molar-refractivity contribution in [1.82, 2.24) is 10.6 Å². The molecule has 1 aliphatic rings. The first-order valence-corrected chi connectivity index (χ1v) is 9.86. The molecule has 1 unspecified atom stereocenters. The molecule has 4 heteroatoms. The lowest BCUT2D eigenvalue weighted by Crippen LogP contribution is -2.48. The molecule has 0 radical (unpaired) electrons. The molecule has 2 amide bonds. The molecule has 144 valence electrons. The Labute approximate surface area is 158 Å². The van der Waals surface area contributed by atoms with Gasteiger partial charge in [0.2, 0.25) is 11.8 Å². The van der Waals surface area contributed by atoms with Gasteiger partial charge in [-0.15, -0.1) is 0 Å². The fraction of sp³-hybridized carbons (Fsp3) is 0.636. The van der Waals surface area contributed by atoms with Crippen LogP contribution >= 0.6 is 0 Å². The Kier molecular flexibility index (Phi) is 6.85. The number of benzene rings is 1. The van der Waals surface area contributed by atoms with Crippen LogP contribution in [0, 0.1) is 5.41 Å². The van der Waals surface area contributed by atoms with E-state index in [-0.39, 0.29) is 23.4 Å². The van der Waals surface area contributed by atoms with Gasteiger partial charge in [-0.05, 0) is 58.9 Å².